The lowest BCUT2D eigenvalue weighted by molar-refractivity contribution is 0.196. The second kappa shape index (κ2) is 5.31. The molecule has 0 aromatic carbocycles. The molecule has 1 aliphatic rings. The molecule has 1 atom stereocenters. The number of pyridine rings is 1. The van der Waals surface area contributed by atoms with E-state index >= 15 is 0 Å². The number of nitrogens with zero attached hydrogens (tertiary/aromatic N) is 3. The van der Waals surface area contributed by atoms with Crippen LogP contribution >= 0.6 is 0 Å². The van der Waals surface area contributed by atoms with Crippen LogP contribution in [0.4, 0.5) is 0 Å². The first-order valence-corrected chi connectivity index (χ1v) is 6.52. The summed E-state index contributed by atoms with van der Waals surface area (Å²) < 4.78 is 0. The van der Waals surface area contributed by atoms with Crippen molar-refractivity contribution in [2.75, 3.05) is 13.1 Å². The summed E-state index contributed by atoms with van der Waals surface area (Å²) in [5, 5.41) is 0. The Kier molecular flexibility index (Phi) is 3.37. The highest BCUT2D eigenvalue weighted by molar-refractivity contribution is 5.17. The van der Waals surface area contributed by atoms with E-state index in [0.29, 0.717) is 5.92 Å². The Bertz CT molecular complexity index is 466. The Morgan fingerprint density at radius 1 is 1.28 bits per heavy atom. The SMILES string of the molecule is c1cc(C2CCCN(Cc3ncc[nH]3)C2)ccn1. The highest BCUT2D eigenvalue weighted by Crippen LogP contribution is 2.26. The van der Waals surface area contributed by atoms with Crippen molar-refractivity contribution in [1.82, 2.24) is 19.9 Å². The molecule has 2 aromatic heterocycles. The van der Waals surface area contributed by atoms with Crippen LogP contribution in [0.25, 0.3) is 0 Å². The van der Waals surface area contributed by atoms with Crippen molar-refractivity contribution in [1.29, 1.82) is 0 Å². The number of hydrogen-bond donors (Lipinski definition) is 1. The quantitative estimate of drug-likeness (QED) is 0.897. The zero-order chi connectivity index (χ0) is 12.2. The van der Waals surface area contributed by atoms with Gasteiger partial charge in [-0.25, -0.2) is 4.98 Å². The van der Waals surface area contributed by atoms with Gasteiger partial charge in [-0.3, -0.25) is 9.88 Å². The summed E-state index contributed by atoms with van der Waals surface area (Å²) in [6.45, 7) is 3.21. The van der Waals surface area contributed by atoms with E-state index in [0.717, 1.165) is 18.9 Å². The Morgan fingerprint density at radius 3 is 2.94 bits per heavy atom. The Labute approximate surface area is 107 Å². The molecule has 94 valence electrons. The number of nitrogens with one attached hydrogen (secondary N) is 1. The molecule has 3 rings (SSSR count). The third kappa shape index (κ3) is 2.59. The zero-order valence-corrected chi connectivity index (χ0v) is 10.4. The third-order valence-electron chi connectivity index (χ3n) is 3.61. The molecule has 0 aliphatic carbocycles. The number of piperidine rings is 1. The standard InChI is InChI=1S/C14H18N4/c1-2-13(12-3-5-15-6-4-12)10-18(9-1)11-14-16-7-8-17-14/h3-8,13H,1-2,9-11H2,(H,16,17). The van der Waals surface area contributed by atoms with Crippen LogP contribution in [0.5, 0.6) is 0 Å². The van der Waals surface area contributed by atoms with Crippen molar-refractivity contribution in [3.05, 3.63) is 48.3 Å². The molecule has 1 aliphatic heterocycles. The number of likely N-dealkylation sites (tertiary alicyclic amines) is 1. The monoisotopic (exact) mass is 242 g/mol. The first kappa shape index (κ1) is 11.4. The molecular weight excluding hydrogens is 224 g/mol. The third-order valence-corrected chi connectivity index (χ3v) is 3.61. The molecule has 18 heavy (non-hydrogen) atoms. The van der Waals surface area contributed by atoms with Crippen LogP contribution in [0.2, 0.25) is 0 Å². The van der Waals surface area contributed by atoms with Gasteiger partial charge in [-0.15, -0.1) is 0 Å². The van der Waals surface area contributed by atoms with Crippen molar-refractivity contribution in [3.63, 3.8) is 0 Å². The molecule has 1 unspecified atom stereocenters. The lowest BCUT2D eigenvalue weighted by atomic mass is 9.91. The summed E-state index contributed by atoms with van der Waals surface area (Å²) in [7, 11) is 0. The van der Waals surface area contributed by atoms with Gasteiger partial charge in [-0.05, 0) is 43.0 Å². The van der Waals surface area contributed by atoms with Gasteiger partial charge in [-0.2, -0.15) is 0 Å². The van der Waals surface area contributed by atoms with Crippen LogP contribution in [0.15, 0.2) is 36.9 Å². The summed E-state index contributed by atoms with van der Waals surface area (Å²) in [6, 6.07) is 4.28. The van der Waals surface area contributed by atoms with Crippen molar-refractivity contribution < 1.29 is 0 Å². The molecule has 4 nitrogen and oxygen atoms in total. The summed E-state index contributed by atoms with van der Waals surface area (Å²) >= 11 is 0. The van der Waals surface area contributed by atoms with Gasteiger partial charge < -0.3 is 4.98 Å². The minimum atomic E-state index is 0.636. The van der Waals surface area contributed by atoms with E-state index in [1.165, 1.54) is 24.9 Å². The number of aromatic amines is 1. The molecule has 0 amide bonds. The number of imidazole rings is 1. The van der Waals surface area contributed by atoms with Gasteiger partial charge in [0, 0.05) is 31.3 Å². The molecule has 1 fully saturated rings. The summed E-state index contributed by atoms with van der Waals surface area (Å²) in [4.78, 5) is 14.0. The average Bonchev–Trinajstić information content (AvgIpc) is 2.93. The van der Waals surface area contributed by atoms with Crippen LogP contribution in [0.1, 0.15) is 30.1 Å². The first-order chi connectivity index (χ1) is 8.92. The second-order valence-corrected chi connectivity index (χ2v) is 4.89. The highest BCUT2D eigenvalue weighted by Gasteiger charge is 2.21. The Morgan fingerprint density at radius 2 is 2.17 bits per heavy atom. The summed E-state index contributed by atoms with van der Waals surface area (Å²) in [5.74, 6) is 1.70. The Hall–Kier alpha value is -1.68. The van der Waals surface area contributed by atoms with Gasteiger partial charge in [0.2, 0.25) is 0 Å². The van der Waals surface area contributed by atoms with E-state index in [9.17, 15) is 0 Å². The van der Waals surface area contributed by atoms with Crippen LogP contribution < -0.4 is 0 Å². The number of hydrogen-bond acceptors (Lipinski definition) is 3. The van der Waals surface area contributed by atoms with Crippen LogP contribution in [-0.4, -0.2) is 32.9 Å². The number of H-pyrrole nitrogens is 1. The normalized spacial score (nSPS) is 21.0. The molecular formula is C14H18N4. The van der Waals surface area contributed by atoms with Gasteiger partial charge in [0.25, 0.3) is 0 Å². The highest BCUT2D eigenvalue weighted by atomic mass is 15.2. The lowest BCUT2D eigenvalue weighted by Crippen LogP contribution is -2.34. The number of rotatable bonds is 3. The minimum absolute atomic E-state index is 0.636. The fraction of sp³-hybridized carbons (Fsp3) is 0.429. The van der Waals surface area contributed by atoms with Gasteiger partial charge in [0.1, 0.15) is 5.82 Å². The van der Waals surface area contributed by atoms with Crippen LogP contribution in [-0.2, 0) is 6.54 Å². The number of aromatic nitrogens is 3. The molecule has 0 radical (unpaired) electrons. The van der Waals surface area contributed by atoms with E-state index in [1.54, 1.807) is 0 Å². The smallest absolute Gasteiger partial charge is 0.120 e. The maximum absolute atomic E-state index is 4.30. The van der Waals surface area contributed by atoms with Crippen molar-refractivity contribution in [3.8, 4) is 0 Å². The fourth-order valence-corrected chi connectivity index (χ4v) is 2.70. The van der Waals surface area contributed by atoms with Gasteiger partial charge in [0.05, 0.1) is 6.54 Å². The van der Waals surface area contributed by atoms with E-state index in [2.05, 4.69) is 32.0 Å². The molecule has 2 aromatic rings. The molecule has 0 spiro atoms. The Balaban J connectivity index is 1.65. The average molecular weight is 242 g/mol. The fourth-order valence-electron chi connectivity index (χ4n) is 2.70. The molecule has 0 saturated carbocycles. The minimum Gasteiger partial charge on any atom is -0.348 e. The maximum atomic E-state index is 4.30. The van der Waals surface area contributed by atoms with Crippen LogP contribution in [0, 0.1) is 0 Å². The van der Waals surface area contributed by atoms with Crippen molar-refractivity contribution >= 4 is 0 Å². The predicted octanol–water partition coefficient (Wildman–Crippen LogP) is 2.18. The van der Waals surface area contributed by atoms with E-state index < -0.39 is 0 Å². The van der Waals surface area contributed by atoms with Gasteiger partial charge in [0.15, 0.2) is 0 Å². The van der Waals surface area contributed by atoms with Crippen LogP contribution in [0.3, 0.4) is 0 Å². The lowest BCUT2D eigenvalue weighted by Gasteiger charge is -2.32. The van der Waals surface area contributed by atoms with Crippen molar-refractivity contribution in [2.24, 2.45) is 0 Å². The molecule has 1 N–H and O–H groups in total. The maximum Gasteiger partial charge on any atom is 0.120 e. The largest absolute Gasteiger partial charge is 0.348 e. The summed E-state index contributed by atoms with van der Waals surface area (Å²) in [6.07, 6.45) is 10.0. The predicted molar refractivity (Wildman–Crippen MR) is 70.1 cm³/mol. The van der Waals surface area contributed by atoms with Gasteiger partial charge in [-0.1, -0.05) is 0 Å². The zero-order valence-electron chi connectivity index (χ0n) is 10.4. The van der Waals surface area contributed by atoms with Gasteiger partial charge >= 0.3 is 0 Å². The summed E-state index contributed by atoms with van der Waals surface area (Å²) in [5.41, 5.74) is 1.41. The topological polar surface area (TPSA) is 44.8 Å². The molecule has 3 heterocycles. The van der Waals surface area contributed by atoms with E-state index in [-0.39, 0.29) is 0 Å². The van der Waals surface area contributed by atoms with Crippen molar-refractivity contribution in [2.45, 2.75) is 25.3 Å². The molecule has 1 saturated heterocycles. The molecule has 0 bridgehead atoms. The molecule has 4 heteroatoms. The second-order valence-electron chi connectivity index (χ2n) is 4.89. The first-order valence-electron chi connectivity index (χ1n) is 6.52. The van der Waals surface area contributed by atoms with E-state index in [1.807, 2.05) is 24.8 Å². The van der Waals surface area contributed by atoms with E-state index in [4.69, 9.17) is 0 Å².